The molecule has 1 aliphatic heterocycles. The molecule has 92 valence electrons. The molecule has 1 aromatic heterocycles. The van der Waals surface area contributed by atoms with E-state index in [1.54, 1.807) is 12.3 Å². The van der Waals surface area contributed by atoms with Gasteiger partial charge in [0.15, 0.2) is 0 Å². The smallest absolute Gasteiger partial charge is 0.310 e. The van der Waals surface area contributed by atoms with Crippen LogP contribution in [0.5, 0.6) is 0 Å². The van der Waals surface area contributed by atoms with Gasteiger partial charge in [0.1, 0.15) is 5.15 Å². The Morgan fingerprint density at radius 2 is 2.24 bits per heavy atom. The number of aromatic nitrogens is 1. The maximum absolute atomic E-state index is 11.5. The molecule has 2 rings (SSSR count). The number of hydrogen-bond acceptors (Lipinski definition) is 3. The molecular formula is C12H14ClNO3. The monoisotopic (exact) mass is 255 g/mol. The number of halogens is 1. The van der Waals surface area contributed by atoms with E-state index in [4.69, 9.17) is 16.3 Å². The lowest BCUT2D eigenvalue weighted by atomic mass is 9.75. The molecule has 4 nitrogen and oxygen atoms in total. The van der Waals surface area contributed by atoms with Crippen molar-refractivity contribution >= 4 is 17.6 Å². The van der Waals surface area contributed by atoms with Gasteiger partial charge < -0.3 is 9.84 Å². The lowest BCUT2D eigenvalue weighted by Gasteiger charge is -2.33. The molecule has 0 aliphatic carbocycles. The summed E-state index contributed by atoms with van der Waals surface area (Å²) in [6, 6.07) is 3.54. The number of rotatable bonds is 3. The fourth-order valence-electron chi connectivity index (χ4n) is 2.17. The van der Waals surface area contributed by atoms with Gasteiger partial charge in [-0.2, -0.15) is 0 Å². The number of carboxylic acid groups (broad SMARTS) is 1. The molecule has 1 aliphatic rings. The third-order valence-electron chi connectivity index (χ3n) is 3.24. The Morgan fingerprint density at radius 1 is 1.53 bits per heavy atom. The van der Waals surface area contributed by atoms with Crippen LogP contribution in [0.3, 0.4) is 0 Å². The largest absolute Gasteiger partial charge is 0.481 e. The summed E-state index contributed by atoms with van der Waals surface area (Å²) < 4.78 is 5.23. The van der Waals surface area contributed by atoms with Gasteiger partial charge in [0, 0.05) is 19.4 Å². The molecule has 17 heavy (non-hydrogen) atoms. The van der Waals surface area contributed by atoms with Crippen molar-refractivity contribution < 1.29 is 14.6 Å². The van der Waals surface area contributed by atoms with E-state index in [1.807, 2.05) is 6.07 Å². The van der Waals surface area contributed by atoms with Crippen molar-refractivity contribution in [3.05, 3.63) is 29.0 Å². The molecule has 1 aromatic rings. The Bertz CT molecular complexity index is 416. The SMILES string of the molecule is O=C(O)C1(Cc2ccnc(Cl)c2)CCOCC1. The summed E-state index contributed by atoms with van der Waals surface area (Å²) in [5.41, 5.74) is 0.192. The Labute approximate surface area is 105 Å². The lowest BCUT2D eigenvalue weighted by molar-refractivity contribution is -0.154. The summed E-state index contributed by atoms with van der Waals surface area (Å²) in [6.45, 7) is 1.01. The molecule has 1 fully saturated rings. The van der Waals surface area contributed by atoms with Crippen LogP contribution in [0.1, 0.15) is 18.4 Å². The van der Waals surface area contributed by atoms with Gasteiger partial charge in [0.05, 0.1) is 5.41 Å². The molecule has 0 spiro atoms. The van der Waals surface area contributed by atoms with Crippen molar-refractivity contribution in [2.75, 3.05) is 13.2 Å². The van der Waals surface area contributed by atoms with Crippen molar-refractivity contribution in [1.82, 2.24) is 4.98 Å². The van der Waals surface area contributed by atoms with Crippen molar-refractivity contribution in [3.63, 3.8) is 0 Å². The fraction of sp³-hybridized carbons (Fsp3) is 0.500. The minimum absolute atomic E-state index is 0.398. The molecule has 0 atom stereocenters. The standard InChI is InChI=1S/C12H14ClNO3/c13-10-7-9(1-4-14-10)8-12(11(15)16)2-5-17-6-3-12/h1,4,7H,2-3,5-6,8H2,(H,15,16). The molecule has 2 heterocycles. The minimum Gasteiger partial charge on any atom is -0.481 e. The zero-order valence-corrected chi connectivity index (χ0v) is 10.1. The second-order valence-electron chi connectivity index (χ2n) is 4.36. The second-order valence-corrected chi connectivity index (χ2v) is 4.75. The third kappa shape index (κ3) is 2.76. The Morgan fingerprint density at radius 3 is 2.82 bits per heavy atom. The van der Waals surface area contributed by atoms with E-state index in [0.717, 1.165) is 5.56 Å². The topological polar surface area (TPSA) is 59.4 Å². The minimum atomic E-state index is -0.756. The van der Waals surface area contributed by atoms with E-state index >= 15 is 0 Å². The summed E-state index contributed by atoms with van der Waals surface area (Å²) in [5.74, 6) is -0.756. The first kappa shape index (κ1) is 12.3. The van der Waals surface area contributed by atoms with Gasteiger partial charge in [-0.25, -0.2) is 4.98 Å². The van der Waals surface area contributed by atoms with Crippen molar-refractivity contribution in [2.24, 2.45) is 5.41 Å². The molecule has 0 aromatic carbocycles. The zero-order chi connectivity index (χ0) is 12.3. The summed E-state index contributed by atoms with van der Waals surface area (Å²) >= 11 is 5.80. The first-order valence-corrected chi connectivity index (χ1v) is 5.92. The molecular weight excluding hydrogens is 242 g/mol. The van der Waals surface area contributed by atoms with Gasteiger partial charge in [0.25, 0.3) is 0 Å². The molecule has 0 amide bonds. The maximum Gasteiger partial charge on any atom is 0.310 e. The molecule has 5 heteroatoms. The average molecular weight is 256 g/mol. The highest BCUT2D eigenvalue weighted by Crippen LogP contribution is 2.34. The van der Waals surface area contributed by atoms with Crippen LogP contribution in [-0.2, 0) is 16.0 Å². The van der Waals surface area contributed by atoms with Crippen LogP contribution in [0.25, 0.3) is 0 Å². The molecule has 0 unspecified atom stereocenters. The maximum atomic E-state index is 11.5. The number of pyridine rings is 1. The van der Waals surface area contributed by atoms with Gasteiger partial charge in [-0.05, 0) is 37.0 Å². The van der Waals surface area contributed by atoms with Gasteiger partial charge in [0.2, 0.25) is 0 Å². The van der Waals surface area contributed by atoms with Crippen LogP contribution >= 0.6 is 11.6 Å². The average Bonchev–Trinajstić information content (AvgIpc) is 2.30. The number of carboxylic acids is 1. The van der Waals surface area contributed by atoms with Gasteiger partial charge in [-0.3, -0.25) is 4.79 Å². The van der Waals surface area contributed by atoms with E-state index in [2.05, 4.69) is 4.98 Å². The van der Waals surface area contributed by atoms with Crippen molar-refractivity contribution in [3.8, 4) is 0 Å². The highest BCUT2D eigenvalue weighted by Gasteiger charge is 2.40. The van der Waals surface area contributed by atoms with Crippen LogP contribution in [0.15, 0.2) is 18.3 Å². The first-order valence-electron chi connectivity index (χ1n) is 5.54. The fourth-order valence-corrected chi connectivity index (χ4v) is 2.37. The van der Waals surface area contributed by atoms with E-state index in [-0.39, 0.29) is 0 Å². The molecule has 0 radical (unpaired) electrons. The third-order valence-corrected chi connectivity index (χ3v) is 3.44. The number of ether oxygens (including phenoxy) is 1. The summed E-state index contributed by atoms with van der Waals surface area (Å²) in [7, 11) is 0. The van der Waals surface area contributed by atoms with Crippen LogP contribution in [0, 0.1) is 5.41 Å². The van der Waals surface area contributed by atoms with Crippen LogP contribution in [-0.4, -0.2) is 29.3 Å². The van der Waals surface area contributed by atoms with E-state index in [0.29, 0.717) is 37.6 Å². The highest BCUT2D eigenvalue weighted by molar-refractivity contribution is 6.29. The van der Waals surface area contributed by atoms with E-state index in [1.165, 1.54) is 0 Å². The van der Waals surface area contributed by atoms with Crippen molar-refractivity contribution in [1.29, 1.82) is 0 Å². The molecule has 1 N–H and O–H groups in total. The van der Waals surface area contributed by atoms with Gasteiger partial charge >= 0.3 is 5.97 Å². The normalized spacial score (nSPS) is 18.9. The Kier molecular flexibility index (Phi) is 3.64. The number of hydrogen-bond donors (Lipinski definition) is 1. The number of aliphatic carboxylic acids is 1. The van der Waals surface area contributed by atoms with Crippen LogP contribution in [0.2, 0.25) is 5.15 Å². The van der Waals surface area contributed by atoms with Gasteiger partial charge in [-0.15, -0.1) is 0 Å². The molecule has 1 saturated heterocycles. The quantitative estimate of drug-likeness (QED) is 0.841. The molecule has 0 saturated carbocycles. The Hall–Kier alpha value is -1.13. The van der Waals surface area contributed by atoms with Crippen LogP contribution < -0.4 is 0 Å². The summed E-state index contributed by atoms with van der Waals surface area (Å²) in [4.78, 5) is 15.4. The highest BCUT2D eigenvalue weighted by atomic mass is 35.5. The summed E-state index contributed by atoms with van der Waals surface area (Å²) in [6.07, 6.45) is 3.17. The number of nitrogens with zero attached hydrogens (tertiary/aromatic N) is 1. The summed E-state index contributed by atoms with van der Waals surface area (Å²) in [5, 5.41) is 9.81. The Balaban J connectivity index is 2.20. The zero-order valence-electron chi connectivity index (χ0n) is 9.36. The van der Waals surface area contributed by atoms with Crippen molar-refractivity contribution in [2.45, 2.75) is 19.3 Å². The van der Waals surface area contributed by atoms with Crippen LogP contribution in [0.4, 0.5) is 0 Å². The van der Waals surface area contributed by atoms with E-state index in [9.17, 15) is 9.90 Å². The number of carbonyl (C=O) groups is 1. The first-order chi connectivity index (χ1) is 8.12. The predicted molar refractivity (Wildman–Crippen MR) is 63.1 cm³/mol. The molecule has 0 bridgehead atoms. The lowest BCUT2D eigenvalue weighted by Crippen LogP contribution is -2.39. The second kappa shape index (κ2) is 5.02. The van der Waals surface area contributed by atoms with E-state index < -0.39 is 11.4 Å². The van der Waals surface area contributed by atoms with Gasteiger partial charge in [-0.1, -0.05) is 11.6 Å². The predicted octanol–water partition coefficient (Wildman–Crippen LogP) is 2.16.